The van der Waals surface area contributed by atoms with E-state index in [0.717, 1.165) is 19.3 Å². The number of allylic oxidation sites excluding steroid dienone is 5. The minimum Gasteiger partial charge on any atom is -0.299 e. The second-order valence-corrected chi connectivity index (χ2v) is 7.54. The van der Waals surface area contributed by atoms with Crippen LogP contribution >= 0.6 is 0 Å². The highest BCUT2D eigenvalue weighted by Crippen LogP contribution is 2.69. The molecule has 0 saturated heterocycles. The van der Waals surface area contributed by atoms with Crippen LogP contribution in [0.5, 0.6) is 0 Å². The molecule has 0 radical (unpaired) electrons. The molecular formula is C22H28O. The van der Waals surface area contributed by atoms with Crippen LogP contribution in [-0.4, -0.2) is 5.78 Å². The lowest BCUT2D eigenvalue weighted by molar-refractivity contribution is -0.131. The molecule has 0 aliphatic heterocycles. The molecule has 0 aromatic rings. The molecule has 3 aliphatic rings. The Bertz CT molecular complexity index is 571. The number of rotatable bonds is 6. The standard InChI is InChI=1S/C22H28O/c1-6-11-22-17(10-5)13-16(9-4)20(22)18-14(7-2)12-15(8-3)19(18)21(22)23/h6-10,14-20H,1-5,11-13H2/t14-,15+,16+,17-,18+,19-,20-,22-/m1/s1. The second-order valence-electron chi connectivity index (χ2n) is 7.54. The number of hydrogen-bond donors (Lipinski definition) is 0. The van der Waals surface area contributed by atoms with Crippen LogP contribution in [0.4, 0.5) is 0 Å². The van der Waals surface area contributed by atoms with E-state index in [9.17, 15) is 4.79 Å². The summed E-state index contributed by atoms with van der Waals surface area (Å²) in [6, 6.07) is 0. The molecule has 1 nitrogen and oxygen atoms in total. The van der Waals surface area contributed by atoms with Crippen molar-refractivity contribution in [3.05, 3.63) is 63.3 Å². The number of carbonyl (C=O) groups is 1. The van der Waals surface area contributed by atoms with Gasteiger partial charge in [-0.05, 0) is 54.8 Å². The summed E-state index contributed by atoms with van der Waals surface area (Å²) >= 11 is 0. The molecule has 3 rings (SSSR count). The molecule has 3 saturated carbocycles. The zero-order valence-corrected chi connectivity index (χ0v) is 14.0. The summed E-state index contributed by atoms with van der Waals surface area (Å²) in [7, 11) is 0. The number of hydrogen-bond acceptors (Lipinski definition) is 1. The van der Waals surface area contributed by atoms with E-state index in [2.05, 4.69) is 45.0 Å². The van der Waals surface area contributed by atoms with Crippen molar-refractivity contribution in [3.63, 3.8) is 0 Å². The molecule has 0 bridgehead atoms. The normalized spacial score (nSPS) is 47.7. The molecular weight excluding hydrogens is 280 g/mol. The Hall–Kier alpha value is -1.63. The average Bonchev–Trinajstić information content (AvgIpc) is 3.15. The molecule has 0 spiro atoms. The van der Waals surface area contributed by atoms with E-state index in [-0.39, 0.29) is 23.2 Å². The van der Waals surface area contributed by atoms with Crippen molar-refractivity contribution < 1.29 is 4.79 Å². The highest BCUT2D eigenvalue weighted by atomic mass is 16.1. The summed E-state index contributed by atoms with van der Waals surface area (Å²) < 4.78 is 0. The van der Waals surface area contributed by atoms with Gasteiger partial charge in [0.2, 0.25) is 0 Å². The quantitative estimate of drug-likeness (QED) is 0.631. The summed E-state index contributed by atoms with van der Waals surface area (Å²) in [5.41, 5.74) is -0.333. The van der Waals surface area contributed by atoms with Crippen LogP contribution in [0.15, 0.2) is 63.3 Å². The van der Waals surface area contributed by atoms with E-state index in [1.165, 1.54) is 0 Å². The summed E-state index contributed by atoms with van der Waals surface area (Å²) in [6.45, 7) is 20.1. The highest BCUT2D eigenvalue weighted by molar-refractivity contribution is 5.92. The molecule has 0 aromatic heterocycles. The van der Waals surface area contributed by atoms with Gasteiger partial charge in [0.05, 0.1) is 0 Å². The zero-order chi connectivity index (χ0) is 16.8. The number of carbonyl (C=O) groups excluding carboxylic acids is 1. The van der Waals surface area contributed by atoms with Crippen molar-refractivity contribution in [2.24, 2.45) is 46.8 Å². The predicted molar refractivity (Wildman–Crippen MR) is 96.7 cm³/mol. The van der Waals surface area contributed by atoms with Crippen LogP contribution in [0.3, 0.4) is 0 Å². The highest BCUT2D eigenvalue weighted by Gasteiger charge is 2.70. The van der Waals surface area contributed by atoms with E-state index in [4.69, 9.17) is 0 Å². The van der Waals surface area contributed by atoms with Gasteiger partial charge >= 0.3 is 0 Å². The van der Waals surface area contributed by atoms with Crippen molar-refractivity contribution in [2.75, 3.05) is 0 Å². The third kappa shape index (κ3) is 1.89. The van der Waals surface area contributed by atoms with Gasteiger partial charge in [0.15, 0.2) is 0 Å². The molecule has 0 heterocycles. The van der Waals surface area contributed by atoms with Gasteiger partial charge in [-0.3, -0.25) is 4.79 Å². The first-order chi connectivity index (χ1) is 11.1. The number of fused-ring (bicyclic) bond motifs is 3. The molecule has 3 aliphatic carbocycles. The van der Waals surface area contributed by atoms with Gasteiger partial charge in [-0.2, -0.15) is 0 Å². The molecule has 0 amide bonds. The molecule has 0 N–H and O–H groups in total. The minimum absolute atomic E-state index is 0.0886. The Kier molecular flexibility index (Phi) is 4.08. The maximum Gasteiger partial charge on any atom is 0.144 e. The van der Waals surface area contributed by atoms with Crippen molar-refractivity contribution in [1.29, 1.82) is 0 Å². The van der Waals surface area contributed by atoms with Crippen molar-refractivity contribution >= 4 is 5.78 Å². The first kappa shape index (κ1) is 16.2. The Labute approximate surface area is 140 Å². The lowest BCUT2D eigenvalue weighted by Gasteiger charge is -2.35. The van der Waals surface area contributed by atoms with Crippen LogP contribution in [0.1, 0.15) is 19.3 Å². The van der Waals surface area contributed by atoms with Crippen LogP contribution in [-0.2, 0) is 4.79 Å². The number of ketones is 1. The van der Waals surface area contributed by atoms with E-state index in [1.54, 1.807) is 0 Å². The topological polar surface area (TPSA) is 17.1 Å². The van der Waals surface area contributed by atoms with Gasteiger partial charge in [0.25, 0.3) is 0 Å². The molecule has 1 heteroatoms. The second kappa shape index (κ2) is 5.78. The van der Waals surface area contributed by atoms with E-state index >= 15 is 0 Å². The smallest absolute Gasteiger partial charge is 0.144 e. The van der Waals surface area contributed by atoms with Crippen LogP contribution < -0.4 is 0 Å². The fourth-order valence-electron chi connectivity index (χ4n) is 6.27. The first-order valence-electron chi connectivity index (χ1n) is 8.76. The lowest BCUT2D eigenvalue weighted by Crippen LogP contribution is -2.37. The zero-order valence-electron chi connectivity index (χ0n) is 14.0. The van der Waals surface area contributed by atoms with E-state index < -0.39 is 0 Å². The minimum atomic E-state index is -0.333. The average molecular weight is 308 g/mol. The summed E-state index contributed by atoms with van der Waals surface area (Å²) in [5, 5.41) is 0. The van der Waals surface area contributed by atoms with Gasteiger partial charge in [-0.25, -0.2) is 0 Å². The molecule has 8 atom stereocenters. The Morgan fingerprint density at radius 3 is 2.09 bits per heavy atom. The Morgan fingerprint density at radius 1 is 0.913 bits per heavy atom. The largest absolute Gasteiger partial charge is 0.299 e. The fourth-order valence-corrected chi connectivity index (χ4v) is 6.27. The summed E-state index contributed by atoms with van der Waals surface area (Å²) in [4.78, 5) is 13.6. The third-order valence-corrected chi connectivity index (χ3v) is 7.01. The maximum atomic E-state index is 13.6. The summed E-state index contributed by atoms with van der Waals surface area (Å²) in [5.74, 6) is 2.50. The Balaban J connectivity index is 2.17. The summed E-state index contributed by atoms with van der Waals surface area (Å²) in [6.07, 6.45) is 12.8. The molecule has 23 heavy (non-hydrogen) atoms. The molecule has 3 fully saturated rings. The van der Waals surface area contributed by atoms with Crippen LogP contribution in [0.2, 0.25) is 0 Å². The molecule has 0 unspecified atom stereocenters. The van der Waals surface area contributed by atoms with Crippen LogP contribution in [0.25, 0.3) is 0 Å². The lowest BCUT2D eigenvalue weighted by atomic mass is 9.66. The van der Waals surface area contributed by atoms with Crippen LogP contribution in [0, 0.1) is 46.8 Å². The predicted octanol–water partition coefficient (Wildman–Crippen LogP) is 5.00. The number of Topliss-reactive ketones (excluding diaryl/α,β-unsaturated/α-hetero) is 1. The molecule has 0 aromatic carbocycles. The molecule has 122 valence electrons. The van der Waals surface area contributed by atoms with E-state index in [1.807, 2.05) is 18.2 Å². The Morgan fingerprint density at radius 2 is 1.57 bits per heavy atom. The third-order valence-electron chi connectivity index (χ3n) is 7.01. The first-order valence-corrected chi connectivity index (χ1v) is 8.76. The van der Waals surface area contributed by atoms with Gasteiger partial charge in [0, 0.05) is 11.3 Å². The SMILES string of the molecule is C=CC[C@]12C(=O)[C@H]3[C@@H]([C@H]1[C@@H](C=C)C[C@H]2C=C)[C@H](C=C)C[C@@H]3C=C. The van der Waals surface area contributed by atoms with Gasteiger partial charge < -0.3 is 0 Å². The van der Waals surface area contributed by atoms with Crippen molar-refractivity contribution in [2.45, 2.75) is 19.3 Å². The van der Waals surface area contributed by atoms with Gasteiger partial charge in [0.1, 0.15) is 5.78 Å². The maximum absolute atomic E-state index is 13.6. The van der Waals surface area contributed by atoms with Crippen molar-refractivity contribution in [3.8, 4) is 0 Å². The monoisotopic (exact) mass is 308 g/mol. The van der Waals surface area contributed by atoms with Crippen molar-refractivity contribution in [1.82, 2.24) is 0 Å². The van der Waals surface area contributed by atoms with Gasteiger partial charge in [-0.1, -0.05) is 30.4 Å². The van der Waals surface area contributed by atoms with E-state index in [0.29, 0.717) is 29.5 Å². The van der Waals surface area contributed by atoms with Gasteiger partial charge in [-0.15, -0.1) is 32.9 Å². The fraction of sp³-hybridized carbons (Fsp3) is 0.500.